The highest BCUT2D eigenvalue weighted by Gasteiger charge is 2.14. The molecule has 1 aromatic carbocycles. The molecule has 0 radical (unpaired) electrons. The van der Waals surface area contributed by atoms with Crippen LogP contribution in [0.2, 0.25) is 0 Å². The van der Waals surface area contributed by atoms with Gasteiger partial charge in [0.2, 0.25) is 0 Å². The van der Waals surface area contributed by atoms with Gasteiger partial charge in [-0.1, -0.05) is 24.3 Å². The van der Waals surface area contributed by atoms with Gasteiger partial charge in [0.15, 0.2) is 0 Å². The molecule has 0 saturated heterocycles. The Morgan fingerprint density at radius 3 is 2.72 bits per heavy atom. The molecular weight excluding hydrogens is 240 g/mol. The third kappa shape index (κ3) is 2.79. The van der Waals surface area contributed by atoms with Crippen molar-refractivity contribution in [2.45, 2.75) is 19.5 Å². The van der Waals surface area contributed by atoms with Crippen molar-refractivity contribution >= 4 is 11.3 Å². The van der Waals surface area contributed by atoms with Gasteiger partial charge in [0, 0.05) is 17.5 Å². The lowest BCUT2D eigenvalue weighted by molar-refractivity contribution is 0.256. The summed E-state index contributed by atoms with van der Waals surface area (Å²) in [6, 6.07) is 14.6. The number of rotatable bonds is 4. The lowest BCUT2D eigenvalue weighted by Gasteiger charge is -2.24. The molecule has 18 heavy (non-hydrogen) atoms. The molecule has 0 aliphatic rings. The molecule has 0 fully saturated rings. The van der Waals surface area contributed by atoms with Crippen molar-refractivity contribution < 1.29 is 0 Å². The molecule has 0 spiro atoms. The molecule has 92 valence electrons. The number of nitriles is 1. The van der Waals surface area contributed by atoms with Crippen molar-refractivity contribution in [1.29, 1.82) is 5.26 Å². The third-order valence-corrected chi connectivity index (χ3v) is 4.22. The first-order valence-electron chi connectivity index (χ1n) is 5.94. The van der Waals surface area contributed by atoms with Crippen molar-refractivity contribution in [3.05, 3.63) is 57.8 Å². The second-order valence-corrected chi connectivity index (χ2v) is 5.35. The first-order chi connectivity index (χ1) is 8.72. The Balaban J connectivity index is 2.12. The second kappa shape index (κ2) is 5.81. The topological polar surface area (TPSA) is 27.0 Å². The lowest BCUT2D eigenvalue weighted by Crippen LogP contribution is -2.21. The van der Waals surface area contributed by atoms with Crippen molar-refractivity contribution in [2.24, 2.45) is 0 Å². The van der Waals surface area contributed by atoms with E-state index >= 15 is 0 Å². The van der Waals surface area contributed by atoms with Crippen LogP contribution in [0.5, 0.6) is 0 Å². The standard InChI is InChI=1S/C15H16N2S/c1-12(15-8-5-9-18-15)17(2)11-14-7-4-3-6-13(14)10-16/h3-9,12H,11H2,1-2H3. The van der Waals surface area contributed by atoms with Crippen LogP contribution < -0.4 is 0 Å². The van der Waals surface area contributed by atoms with Gasteiger partial charge in [0.25, 0.3) is 0 Å². The summed E-state index contributed by atoms with van der Waals surface area (Å²) >= 11 is 1.77. The summed E-state index contributed by atoms with van der Waals surface area (Å²) in [7, 11) is 2.10. The van der Waals surface area contributed by atoms with Gasteiger partial charge in [0.05, 0.1) is 11.6 Å². The van der Waals surface area contributed by atoms with Crippen molar-refractivity contribution in [3.8, 4) is 6.07 Å². The smallest absolute Gasteiger partial charge is 0.0995 e. The van der Waals surface area contributed by atoms with Gasteiger partial charge in [-0.25, -0.2) is 0 Å². The van der Waals surface area contributed by atoms with Gasteiger partial charge < -0.3 is 0 Å². The fourth-order valence-electron chi connectivity index (χ4n) is 1.92. The van der Waals surface area contributed by atoms with Gasteiger partial charge in [-0.2, -0.15) is 5.26 Å². The molecule has 1 heterocycles. The Bertz CT molecular complexity index is 540. The summed E-state index contributed by atoms with van der Waals surface area (Å²) in [6.07, 6.45) is 0. The van der Waals surface area contributed by atoms with Gasteiger partial charge in [-0.05, 0) is 37.0 Å². The van der Waals surface area contributed by atoms with Crippen LogP contribution in [-0.4, -0.2) is 11.9 Å². The van der Waals surface area contributed by atoms with Gasteiger partial charge in [-0.15, -0.1) is 11.3 Å². The van der Waals surface area contributed by atoms with Crippen LogP contribution in [-0.2, 0) is 6.54 Å². The van der Waals surface area contributed by atoms with Crippen LogP contribution in [0.4, 0.5) is 0 Å². The van der Waals surface area contributed by atoms with E-state index in [-0.39, 0.29) is 0 Å². The molecule has 2 nitrogen and oxygen atoms in total. The number of nitrogens with zero attached hydrogens (tertiary/aromatic N) is 2. The normalized spacial score (nSPS) is 12.3. The highest BCUT2D eigenvalue weighted by molar-refractivity contribution is 7.10. The Labute approximate surface area is 112 Å². The number of benzene rings is 1. The molecule has 2 aromatic rings. The summed E-state index contributed by atoms with van der Waals surface area (Å²) in [5.74, 6) is 0. The summed E-state index contributed by atoms with van der Waals surface area (Å²) < 4.78 is 0. The highest BCUT2D eigenvalue weighted by Crippen LogP contribution is 2.25. The van der Waals surface area contributed by atoms with Crippen LogP contribution in [0.25, 0.3) is 0 Å². The quantitative estimate of drug-likeness (QED) is 0.831. The van der Waals surface area contributed by atoms with E-state index in [1.54, 1.807) is 11.3 Å². The average Bonchev–Trinajstić information content (AvgIpc) is 2.92. The first-order valence-corrected chi connectivity index (χ1v) is 6.82. The maximum absolute atomic E-state index is 9.09. The zero-order chi connectivity index (χ0) is 13.0. The van der Waals surface area contributed by atoms with Gasteiger partial charge >= 0.3 is 0 Å². The molecule has 1 aromatic heterocycles. The Kier molecular flexibility index (Phi) is 4.14. The molecule has 0 aliphatic carbocycles. The molecule has 0 saturated carbocycles. The predicted molar refractivity (Wildman–Crippen MR) is 75.4 cm³/mol. The zero-order valence-electron chi connectivity index (χ0n) is 10.6. The Morgan fingerprint density at radius 2 is 2.06 bits per heavy atom. The molecule has 0 amide bonds. The second-order valence-electron chi connectivity index (χ2n) is 4.38. The largest absolute Gasteiger partial charge is 0.295 e. The summed E-state index contributed by atoms with van der Waals surface area (Å²) in [5.41, 5.74) is 1.86. The molecular formula is C15H16N2S. The lowest BCUT2D eigenvalue weighted by atomic mass is 10.1. The number of thiophene rings is 1. The molecule has 0 aliphatic heterocycles. The fourth-order valence-corrected chi connectivity index (χ4v) is 2.77. The minimum absolute atomic E-state index is 0.372. The third-order valence-electron chi connectivity index (χ3n) is 3.17. The molecule has 0 N–H and O–H groups in total. The van der Waals surface area contributed by atoms with E-state index in [0.717, 1.165) is 17.7 Å². The van der Waals surface area contributed by atoms with Gasteiger partial charge in [-0.3, -0.25) is 4.90 Å². The summed E-state index contributed by atoms with van der Waals surface area (Å²) in [5, 5.41) is 11.2. The van der Waals surface area contributed by atoms with Crippen molar-refractivity contribution in [2.75, 3.05) is 7.05 Å². The summed E-state index contributed by atoms with van der Waals surface area (Å²) in [4.78, 5) is 3.62. The minimum Gasteiger partial charge on any atom is -0.295 e. The monoisotopic (exact) mass is 256 g/mol. The first kappa shape index (κ1) is 12.8. The van der Waals surface area contributed by atoms with E-state index in [9.17, 15) is 0 Å². The molecule has 2 rings (SSSR count). The van der Waals surface area contributed by atoms with Crippen LogP contribution in [0.1, 0.15) is 29.0 Å². The number of hydrogen-bond donors (Lipinski definition) is 0. The van der Waals surface area contributed by atoms with E-state index in [1.165, 1.54) is 4.88 Å². The van der Waals surface area contributed by atoms with E-state index in [2.05, 4.69) is 42.5 Å². The minimum atomic E-state index is 0.372. The molecule has 3 heteroatoms. The maximum atomic E-state index is 9.09. The van der Waals surface area contributed by atoms with Crippen molar-refractivity contribution in [3.63, 3.8) is 0 Å². The molecule has 0 bridgehead atoms. The van der Waals surface area contributed by atoms with Crippen LogP contribution in [0, 0.1) is 11.3 Å². The van der Waals surface area contributed by atoms with E-state index in [1.807, 2.05) is 24.3 Å². The zero-order valence-corrected chi connectivity index (χ0v) is 11.4. The van der Waals surface area contributed by atoms with Gasteiger partial charge in [0.1, 0.15) is 0 Å². The van der Waals surface area contributed by atoms with Crippen LogP contribution in [0.15, 0.2) is 41.8 Å². The average molecular weight is 256 g/mol. The highest BCUT2D eigenvalue weighted by atomic mass is 32.1. The molecule has 1 atom stereocenters. The summed E-state index contributed by atoms with van der Waals surface area (Å²) in [6.45, 7) is 2.99. The van der Waals surface area contributed by atoms with E-state index in [4.69, 9.17) is 5.26 Å². The van der Waals surface area contributed by atoms with E-state index < -0.39 is 0 Å². The van der Waals surface area contributed by atoms with Crippen LogP contribution >= 0.6 is 11.3 Å². The molecule has 1 unspecified atom stereocenters. The van der Waals surface area contributed by atoms with Crippen molar-refractivity contribution in [1.82, 2.24) is 4.90 Å². The van der Waals surface area contributed by atoms with Crippen LogP contribution in [0.3, 0.4) is 0 Å². The maximum Gasteiger partial charge on any atom is 0.0995 e. The van der Waals surface area contributed by atoms with E-state index in [0.29, 0.717) is 6.04 Å². The number of hydrogen-bond acceptors (Lipinski definition) is 3. The Hall–Kier alpha value is -1.63. The Morgan fingerprint density at radius 1 is 1.28 bits per heavy atom. The fraction of sp³-hybridized carbons (Fsp3) is 0.267. The SMILES string of the molecule is CC(c1cccs1)N(C)Cc1ccccc1C#N. The predicted octanol–water partition coefficient (Wildman–Crippen LogP) is 3.81.